The van der Waals surface area contributed by atoms with Gasteiger partial charge in [-0.3, -0.25) is 9.78 Å². The van der Waals surface area contributed by atoms with Crippen molar-refractivity contribution in [3.63, 3.8) is 0 Å². The lowest BCUT2D eigenvalue weighted by Gasteiger charge is -2.03. The van der Waals surface area contributed by atoms with Crippen molar-refractivity contribution in [2.24, 2.45) is 0 Å². The predicted molar refractivity (Wildman–Crippen MR) is 95.5 cm³/mol. The van der Waals surface area contributed by atoms with E-state index in [1.807, 2.05) is 30.3 Å². The fraction of sp³-hybridized carbons (Fsp3) is 0.250. The second-order valence-electron chi connectivity index (χ2n) is 6.45. The molecule has 26 heavy (non-hydrogen) atoms. The van der Waals surface area contributed by atoms with Crippen molar-refractivity contribution >= 4 is 5.91 Å². The summed E-state index contributed by atoms with van der Waals surface area (Å²) in [7, 11) is 0. The van der Waals surface area contributed by atoms with E-state index in [0.29, 0.717) is 18.0 Å². The highest BCUT2D eigenvalue weighted by molar-refractivity contribution is 5.78. The van der Waals surface area contributed by atoms with Crippen LogP contribution in [0.2, 0.25) is 0 Å². The minimum atomic E-state index is -0.0992. The summed E-state index contributed by atoms with van der Waals surface area (Å²) in [5.41, 5.74) is 3.72. The first kappa shape index (κ1) is 16.3. The molecule has 4 rings (SSSR count). The molecular formula is C20H19N3O3. The molecule has 0 bridgehead atoms. The molecule has 3 heterocycles. The van der Waals surface area contributed by atoms with Gasteiger partial charge in [0.1, 0.15) is 11.9 Å². The van der Waals surface area contributed by atoms with Crippen molar-refractivity contribution in [2.75, 3.05) is 0 Å². The van der Waals surface area contributed by atoms with Crippen LogP contribution >= 0.6 is 0 Å². The van der Waals surface area contributed by atoms with Crippen molar-refractivity contribution in [3.8, 4) is 17.1 Å². The average molecular weight is 349 g/mol. The first-order valence-corrected chi connectivity index (χ1v) is 8.58. The van der Waals surface area contributed by atoms with Gasteiger partial charge in [-0.1, -0.05) is 5.16 Å². The maximum atomic E-state index is 12.1. The number of nitrogens with one attached hydrogen (secondary N) is 1. The molecule has 0 aliphatic carbocycles. The number of carbonyl (C=O) groups excluding carboxylic acids is 1. The average Bonchev–Trinajstić information content (AvgIpc) is 3.25. The Labute approximate surface area is 151 Å². The summed E-state index contributed by atoms with van der Waals surface area (Å²) >= 11 is 0. The zero-order chi connectivity index (χ0) is 17.9. The molecule has 1 aromatic carbocycles. The van der Waals surface area contributed by atoms with Gasteiger partial charge in [0.15, 0.2) is 5.76 Å². The third-order valence-corrected chi connectivity index (χ3v) is 4.32. The molecule has 0 fully saturated rings. The number of nitrogens with zero attached hydrogens (tertiary/aromatic N) is 2. The second kappa shape index (κ2) is 7.00. The van der Waals surface area contributed by atoms with Gasteiger partial charge in [-0.25, -0.2) is 0 Å². The Morgan fingerprint density at radius 3 is 2.92 bits per heavy atom. The smallest absolute Gasteiger partial charge is 0.226 e. The van der Waals surface area contributed by atoms with Crippen LogP contribution in [0.5, 0.6) is 5.75 Å². The SMILES string of the molecule is CC1Cc2cc(-c3cc(CC(=O)NCc4ccncc4)no3)ccc2O1. The van der Waals surface area contributed by atoms with E-state index in [1.54, 1.807) is 12.4 Å². The molecule has 0 saturated heterocycles. The van der Waals surface area contributed by atoms with Crippen LogP contribution in [0, 0.1) is 0 Å². The lowest BCUT2D eigenvalue weighted by Crippen LogP contribution is -2.24. The van der Waals surface area contributed by atoms with Gasteiger partial charge in [-0.15, -0.1) is 0 Å². The van der Waals surface area contributed by atoms with E-state index >= 15 is 0 Å². The van der Waals surface area contributed by atoms with Crippen molar-refractivity contribution in [1.82, 2.24) is 15.5 Å². The number of ether oxygens (including phenoxy) is 1. The Balaban J connectivity index is 1.39. The quantitative estimate of drug-likeness (QED) is 0.766. The summed E-state index contributed by atoms with van der Waals surface area (Å²) in [6.07, 6.45) is 4.68. The fourth-order valence-electron chi connectivity index (χ4n) is 3.03. The molecule has 1 unspecified atom stereocenters. The van der Waals surface area contributed by atoms with E-state index in [-0.39, 0.29) is 18.4 Å². The summed E-state index contributed by atoms with van der Waals surface area (Å²) < 4.78 is 11.1. The van der Waals surface area contributed by atoms with Gasteiger partial charge in [0, 0.05) is 37.0 Å². The van der Waals surface area contributed by atoms with E-state index in [9.17, 15) is 4.79 Å². The van der Waals surface area contributed by atoms with Gasteiger partial charge in [0.25, 0.3) is 0 Å². The Bertz CT molecular complexity index is 921. The minimum Gasteiger partial charge on any atom is -0.490 e. The van der Waals surface area contributed by atoms with Gasteiger partial charge < -0.3 is 14.6 Å². The summed E-state index contributed by atoms with van der Waals surface area (Å²) in [5, 5.41) is 6.89. The van der Waals surface area contributed by atoms with Crippen LogP contribution < -0.4 is 10.1 Å². The molecule has 0 spiro atoms. The summed E-state index contributed by atoms with van der Waals surface area (Å²) in [6, 6.07) is 11.5. The first-order valence-electron chi connectivity index (χ1n) is 8.58. The van der Waals surface area contributed by atoms with Crippen molar-refractivity contribution < 1.29 is 14.1 Å². The van der Waals surface area contributed by atoms with Gasteiger partial charge in [-0.2, -0.15) is 0 Å². The van der Waals surface area contributed by atoms with Crippen molar-refractivity contribution in [1.29, 1.82) is 0 Å². The van der Waals surface area contributed by atoms with E-state index in [1.165, 1.54) is 5.56 Å². The highest BCUT2D eigenvalue weighted by Crippen LogP contribution is 2.33. The maximum Gasteiger partial charge on any atom is 0.226 e. The van der Waals surface area contributed by atoms with E-state index in [2.05, 4.69) is 28.4 Å². The third kappa shape index (κ3) is 3.59. The molecule has 6 nitrogen and oxygen atoms in total. The van der Waals surface area contributed by atoms with Crippen LogP contribution in [-0.2, 0) is 24.2 Å². The largest absolute Gasteiger partial charge is 0.490 e. The summed E-state index contributed by atoms with van der Waals surface area (Å²) in [4.78, 5) is 16.1. The minimum absolute atomic E-state index is 0.0992. The third-order valence-electron chi connectivity index (χ3n) is 4.32. The molecule has 132 valence electrons. The zero-order valence-electron chi connectivity index (χ0n) is 14.4. The van der Waals surface area contributed by atoms with Crippen LogP contribution in [0.1, 0.15) is 23.7 Å². The number of benzene rings is 1. The second-order valence-corrected chi connectivity index (χ2v) is 6.45. The molecule has 1 aliphatic heterocycles. The molecule has 3 aromatic rings. The van der Waals surface area contributed by atoms with E-state index in [0.717, 1.165) is 23.3 Å². The Kier molecular flexibility index (Phi) is 4.39. The monoisotopic (exact) mass is 349 g/mol. The number of amides is 1. The molecule has 1 atom stereocenters. The van der Waals surface area contributed by atoms with Crippen LogP contribution in [0.25, 0.3) is 11.3 Å². The Morgan fingerprint density at radius 2 is 2.08 bits per heavy atom. The molecule has 0 saturated carbocycles. The molecular weight excluding hydrogens is 330 g/mol. The van der Waals surface area contributed by atoms with Crippen LogP contribution in [0.15, 0.2) is 53.3 Å². The summed E-state index contributed by atoms with van der Waals surface area (Å²) in [5.74, 6) is 1.48. The number of rotatable bonds is 5. The standard InChI is InChI=1S/C20H19N3O3/c1-13-8-16-9-15(2-3-18(16)25-13)19-10-17(23-26-19)11-20(24)22-12-14-4-6-21-7-5-14/h2-7,9-10,13H,8,11-12H2,1H3,(H,22,24). The highest BCUT2D eigenvalue weighted by atomic mass is 16.5. The number of hydrogen-bond donors (Lipinski definition) is 1. The highest BCUT2D eigenvalue weighted by Gasteiger charge is 2.20. The zero-order valence-corrected chi connectivity index (χ0v) is 14.4. The van der Waals surface area contributed by atoms with E-state index in [4.69, 9.17) is 9.26 Å². The van der Waals surface area contributed by atoms with Crippen LogP contribution in [-0.4, -0.2) is 22.2 Å². The summed E-state index contributed by atoms with van der Waals surface area (Å²) in [6.45, 7) is 2.52. The van der Waals surface area contributed by atoms with Crippen molar-refractivity contribution in [3.05, 3.63) is 65.6 Å². The normalized spacial score (nSPS) is 15.3. The topological polar surface area (TPSA) is 77.3 Å². The molecule has 1 aliphatic rings. The molecule has 2 aromatic heterocycles. The molecule has 6 heteroatoms. The number of pyridine rings is 1. The van der Waals surface area contributed by atoms with Crippen LogP contribution in [0.4, 0.5) is 0 Å². The lowest BCUT2D eigenvalue weighted by atomic mass is 10.1. The number of carbonyl (C=O) groups is 1. The maximum absolute atomic E-state index is 12.1. The van der Waals surface area contributed by atoms with Gasteiger partial charge in [0.05, 0.1) is 12.1 Å². The number of fused-ring (bicyclic) bond motifs is 1. The Hall–Kier alpha value is -3.15. The van der Waals surface area contributed by atoms with E-state index < -0.39 is 0 Å². The number of hydrogen-bond acceptors (Lipinski definition) is 5. The molecule has 1 N–H and O–H groups in total. The Morgan fingerprint density at radius 1 is 1.23 bits per heavy atom. The van der Waals surface area contributed by atoms with Gasteiger partial charge in [0.2, 0.25) is 5.91 Å². The lowest BCUT2D eigenvalue weighted by molar-refractivity contribution is -0.120. The molecule has 1 amide bonds. The first-order chi connectivity index (χ1) is 12.7. The molecule has 0 radical (unpaired) electrons. The van der Waals surface area contributed by atoms with Crippen molar-refractivity contribution in [2.45, 2.75) is 32.4 Å². The predicted octanol–water partition coefficient (Wildman–Crippen LogP) is 2.92. The number of aromatic nitrogens is 2. The van der Waals surface area contributed by atoms with Crippen LogP contribution in [0.3, 0.4) is 0 Å². The fourth-order valence-corrected chi connectivity index (χ4v) is 3.03. The van der Waals surface area contributed by atoms with Gasteiger partial charge >= 0.3 is 0 Å². The van der Waals surface area contributed by atoms with Gasteiger partial charge in [-0.05, 0) is 48.4 Å².